The molecule has 27 heavy (non-hydrogen) atoms. The molecule has 0 saturated carbocycles. The predicted molar refractivity (Wildman–Crippen MR) is 104 cm³/mol. The molecule has 1 atom stereocenters. The Morgan fingerprint density at radius 3 is 2.44 bits per heavy atom. The molecule has 7 nitrogen and oxygen atoms in total. The summed E-state index contributed by atoms with van der Waals surface area (Å²) in [4.78, 5) is 11.1. The van der Waals surface area contributed by atoms with E-state index < -0.39 is 12.1 Å². The van der Waals surface area contributed by atoms with Crippen molar-refractivity contribution in [3.05, 3.63) is 53.6 Å². The summed E-state index contributed by atoms with van der Waals surface area (Å²) >= 11 is 0. The van der Waals surface area contributed by atoms with E-state index >= 15 is 0 Å². The van der Waals surface area contributed by atoms with E-state index in [1.807, 2.05) is 42.5 Å². The van der Waals surface area contributed by atoms with E-state index in [0.29, 0.717) is 11.5 Å². The van der Waals surface area contributed by atoms with Crippen molar-refractivity contribution in [1.29, 1.82) is 0 Å². The van der Waals surface area contributed by atoms with E-state index in [4.69, 9.17) is 14.6 Å². The Kier molecular flexibility index (Phi) is 6.93. The number of carboxylic acid groups (broad SMARTS) is 1. The first kappa shape index (κ1) is 20.0. The van der Waals surface area contributed by atoms with Gasteiger partial charge in [0, 0.05) is 25.7 Å². The average molecular weight is 369 g/mol. The monoisotopic (exact) mass is 369 g/mol. The van der Waals surface area contributed by atoms with Gasteiger partial charge in [-0.05, 0) is 36.8 Å². The third kappa shape index (κ3) is 6.14. The molecule has 1 N–H and O–H groups in total. The van der Waals surface area contributed by atoms with E-state index in [9.17, 15) is 4.79 Å². The van der Waals surface area contributed by atoms with E-state index in [2.05, 4.69) is 10.3 Å². The zero-order valence-electron chi connectivity index (χ0n) is 15.8. The SMILES string of the molecule is COc1ccc(C=Cc2ccc(N=NN(C)C)cc2)c(OC(C)C(=O)O)c1. The topological polar surface area (TPSA) is 83.7 Å². The number of benzene rings is 2. The summed E-state index contributed by atoms with van der Waals surface area (Å²) in [5.41, 5.74) is 2.47. The van der Waals surface area contributed by atoms with E-state index in [1.54, 1.807) is 38.3 Å². The molecule has 0 aromatic heterocycles. The molecule has 0 aliphatic carbocycles. The molecule has 0 aliphatic rings. The smallest absolute Gasteiger partial charge is 0.344 e. The van der Waals surface area contributed by atoms with Crippen LogP contribution in [0.1, 0.15) is 18.1 Å². The lowest BCUT2D eigenvalue weighted by atomic mass is 10.1. The highest BCUT2D eigenvalue weighted by atomic mass is 16.5. The fourth-order valence-corrected chi connectivity index (χ4v) is 2.10. The van der Waals surface area contributed by atoms with Crippen LogP contribution < -0.4 is 9.47 Å². The second kappa shape index (κ2) is 9.38. The zero-order valence-corrected chi connectivity index (χ0v) is 15.8. The predicted octanol–water partition coefficient (Wildman–Crippen LogP) is 4.28. The van der Waals surface area contributed by atoms with Gasteiger partial charge in [-0.15, -0.1) is 5.11 Å². The maximum atomic E-state index is 11.1. The molecule has 2 aromatic rings. The van der Waals surface area contributed by atoms with Gasteiger partial charge in [0.2, 0.25) is 0 Å². The highest BCUT2D eigenvalue weighted by molar-refractivity contribution is 5.75. The number of aliphatic carboxylic acids is 1. The minimum atomic E-state index is -1.03. The molecule has 0 amide bonds. The van der Waals surface area contributed by atoms with Crippen molar-refractivity contribution in [3.8, 4) is 11.5 Å². The molecule has 0 radical (unpaired) electrons. The number of rotatable bonds is 8. The van der Waals surface area contributed by atoms with Crippen molar-refractivity contribution < 1.29 is 19.4 Å². The first-order valence-corrected chi connectivity index (χ1v) is 8.33. The number of hydrogen-bond acceptors (Lipinski definition) is 5. The molecule has 1 unspecified atom stereocenters. The van der Waals surface area contributed by atoms with Gasteiger partial charge in [-0.1, -0.05) is 29.5 Å². The normalized spacial score (nSPS) is 12.3. The Bertz CT molecular complexity index is 830. The van der Waals surface area contributed by atoms with Crippen LogP contribution in [0.4, 0.5) is 5.69 Å². The van der Waals surface area contributed by atoms with Crippen LogP contribution in [0, 0.1) is 0 Å². The molecule has 142 valence electrons. The first-order chi connectivity index (χ1) is 12.9. The van der Waals surface area contributed by atoms with Crippen LogP contribution in [-0.2, 0) is 4.79 Å². The quantitative estimate of drug-likeness (QED) is 0.427. The van der Waals surface area contributed by atoms with Crippen LogP contribution in [0.3, 0.4) is 0 Å². The lowest BCUT2D eigenvalue weighted by Gasteiger charge is -2.14. The number of carboxylic acids is 1. The van der Waals surface area contributed by atoms with Gasteiger partial charge in [0.15, 0.2) is 6.10 Å². The number of hydrogen-bond donors (Lipinski definition) is 1. The Balaban J connectivity index is 2.21. The molecule has 0 saturated heterocycles. The van der Waals surface area contributed by atoms with Crippen LogP contribution in [0.5, 0.6) is 11.5 Å². The molecule has 0 aliphatic heterocycles. The van der Waals surface area contributed by atoms with E-state index in [0.717, 1.165) is 16.8 Å². The van der Waals surface area contributed by atoms with Crippen molar-refractivity contribution in [3.63, 3.8) is 0 Å². The second-order valence-corrected chi connectivity index (χ2v) is 5.96. The summed E-state index contributed by atoms with van der Waals surface area (Å²) in [5, 5.41) is 18.7. The lowest BCUT2D eigenvalue weighted by molar-refractivity contribution is -0.144. The van der Waals surface area contributed by atoms with Gasteiger partial charge < -0.3 is 14.6 Å². The molecule has 0 heterocycles. The van der Waals surface area contributed by atoms with Crippen LogP contribution in [0.15, 0.2) is 52.8 Å². The van der Waals surface area contributed by atoms with Crippen molar-refractivity contribution in [2.45, 2.75) is 13.0 Å². The van der Waals surface area contributed by atoms with Crippen LogP contribution in [-0.4, -0.2) is 43.4 Å². The molecule has 0 fully saturated rings. The molecular weight excluding hydrogens is 346 g/mol. The van der Waals surface area contributed by atoms with Gasteiger partial charge in [0.25, 0.3) is 0 Å². The van der Waals surface area contributed by atoms with Gasteiger partial charge in [-0.2, -0.15) is 0 Å². The minimum absolute atomic E-state index is 0.442. The minimum Gasteiger partial charge on any atom is -0.497 e. The fourth-order valence-electron chi connectivity index (χ4n) is 2.10. The van der Waals surface area contributed by atoms with Gasteiger partial charge in [0.05, 0.1) is 12.8 Å². The summed E-state index contributed by atoms with van der Waals surface area (Å²) in [6.07, 6.45) is 2.80. The van der Waals surface area contributed by atoms with Gasteiger partial charge in [0.1, 0.15) is 11.5 Å². The highest BCUT2D eigenvalue weighted by Gasteiger charge is 2.14. The average Bonchev–Trinajstić information content (AvgIpc) is 2.65. The van der Waals surface area contributed by atoms with Gasteiger partial charge in [-0.3, -0.25) is 5.01 Å². The maximum Gasteiger partial charge on any atom is 0.344 e. The summed E-state index contributed by atoms with van der Waals surface area (Å²) in [5.74, 6) is 0.00229. The second-order valence-electron chi connectivity index (χ2n) is 5.96. The van der Waals surface area contributed by atoms with Gasteiger partial charge in [-0.25, -0.2) is 4.79 Å². The van der Waals surface area contributed by atoms with Crippen LogP contribution in [0.25, 0.3) is 12.2 Å². The fraction of sp³-hybridized carbons (Fsp3) is 0.250. The largest absolute Gasteiger partial charge is 0.497 e. The molecule has 2 rings (SSSR count). The molecular formula is C20H23N3O4. The van der Waals surface area contributed by atoms with Crippen molar-refractivity contribution in [2.24, 2.45) is 10.3 Å². The zero-order chi connectivity index (χ0) is 19.8. The molecule has 7 heteroatoms. The highest BCUT2D eigenvalue weighted by Crippen LogP contribution is 2.28. The molecule has 0 spiro atoms. The standard InChI is InChI=1S/C20H23N3O4/c1-14(20(24)25)27-19-13-18(26-4)12-9-16(19)8-5-15-6-10-17(11-7-15)21-22-23(2)3/h5-14H,1-4H3,(H,24,25). The van der Waals surface area contributed by atoms with Crippen LogP contribution >= 0.6 is 0 Å². The van der Waals surface area contributed by atoms with Crippen molar-refractivity contribution >= 4 is 23.8 Å². The summed E-state index contributed by atoms with van der Waals surface area (Å²) in [6, 6.07) is 12.9. The Morgan fingerprint density at radius 1 is 1.15 bits per heavy atom. The lowest BCUT2D eigenvalue weighted by Crippen LogP contribution is -2.23. The number of methoxy groups -OCH3 is 1. The summed E-state index contributed by atoms with van der Waals surface area (Å²) in [6.45, 7) is 1.48. The number of nitrogens with zero attached hydrogens (tertiary/aromatic N) is 3. The Morgan fingerprint density at radius 2 is 1.85 bits per heavy atom. The number of carbonyl (C=O) groups is 1. The van der Waals surface area contributed by atoms with Crippen molar-refractivity contribution in [1.82, 2.24) is 5.01 Å². The Labute approximate surface area is 158 Å². The van der Waals surface area contributed by atoms with Crippen molar-refractivity contribution in [2.75, 3.05) is 21.2 Å². The van der Waals surface area contributed by atoms with E-state index in [-0.39, 0.29) is 0 Å². The molecule has 0 bridgehead atoms. The maximum absolute atomic E-state index is 11.1. The summed E-state index contributed by atoms with van der Waals surface area (Å²) in [7, 11) is 5.16. The van der Waals surface area contributed by atoms with Crippen LogP contribution in [0.2, 0.25) is 0 Å². The third-order valence-corrected chi connectivity index (χ3v) is 3.56. The molecule has 2 aromatic carbocycles. The van der Waals surface area contributed by atoms with Gasteiger partial charge >= 0.3 is 5.97 Å². The number of ether oxygens (including phenoxy) is 2. The third-order valence-electron chi connectivity index (χ3n) is 3.56. The summed E-state index contributed by atoms with van der Waals surface area (Å²) < 4.78 is 10.7. The first-order valence-electron chi connectivity index (χ1n) is 8.33. The van der Waals surface area contributed by atoms with E-state index in [1.165, 1.54) is 6.92 Å². The Hall–Kier alpha value is -3.35.